The van der Waals surface area contributed by atoms with Crippen LogP contribution in [0.3, 0.4) is 0 Å². The molecule has 53 heavy (non-hydrogen) atoms. The zero-order valence-electron chi connectivity index (χ0n) is 28.6. The van der Waals surface area contributed by atoms with Crippen LogP contribution in [0.5, 0.6) is 0 Å². The number of aromatic nitrogens is 4. The highest BCUT2D eigenvalue weighted by Crippen LogP contribution is 2.37. The average molecular weight is 675 g/mol. The molecule has 0 spiro atoms. The van der Waals surface area contributed by atoms with Crippen LogP contribution in [0.25, 0.3) is 105 Å². The summed E-state index contributed by atoms with van der Waals surface area (Å²) in [5.41, 5.74) is 6.37. The molecule has 4 heteroatoms. The first-order chi connectivity index (χ1) is 26.3. The maximum absolute atomic E-state index is 5.14. The van der Waals surface area contributed by atoms with Gasteiger partial charge in [0.25, 0.3) is 0 Å². The summed E-state index contributed by atoms with van der Waals surface area (Å²) < 4.78 is 2.38. The van der Waals surface area contributed by atoms with E-state index in [-0.39, 0.29) is 0 Å². The molecule has 0 amide bonds. The number of nitrogens with zero attached hydrogens (tertiary/aromatic N) is 4. The van der Waals surface area contributed by atoms with Crippen molar-refractivity contribution in [3.05, 3.63) is 182 Å². The highest BCUT2D eigenvalue weighted by Gasteiger charge is 2.17. The van der Waals surface area contributed by atoms with Crippen LogP contribution in [0.4, 0.5) is 0 Å². The van der Waals surface area contributed by atoms with Gasteiger partial charge in [0.05, 0.1) is 16.7 Å². The third-order valence-corrected chi connectivity index (χ3v) is 10.6. The van der Waals surface area contributed by atoms with Crippen molar-refractivity contribution in [3.63, 3.8) is 0 Å². The van der Waals surface area contributed by atoms with E-state index in [2.05, 4.69) is 168 Å². The van der Waals surface area contributed by atoms with Crippen molar-refractivity contribution < 1.29 is 0 Å². The summed E-state index contributed by atoms with van der Waals surface area (Å²) in [5.74, 6) is 1.94. The van der Waals surface area contributed by atoms with E-state index in [0.29, 0.717) is 17.5 Å². The maximum atomic E-state index is 5.14. The first kappa shape index (κ1) is 29.5. The summed E-state index contributed by atoms with van der Waals surface area (Å²) in [5, 5.41) is 12.2. The predicted molar refractivity (Wildman–Crippen MR) is 220 cm³/mol. The second-order valence-corrected chi connectivity index (χ2v) is 13.6. The molecular weight excluding hydrogens is 645 g/mol. The van der Waals surface area contributed by atoms with Crippen LogP contribution in [-0.4, -0.2) is 19.5 Å². The van der Waals surface area contributed by atoms with Crippen LogP contribution in [0.2, 0.25) is 0 Å². The molecule has 11 rings (SSSR count). The molecule has 0 radical (unpaired) electrons. The Labute approximate surface area is 305 Å². The normalized spacial score (nSPS) is 11.8. The van der Waals surface area contributed by atoms with Gasteiger partial charge in [-0.2, -0.15) is 0 Å². The van der Waals surface area contributed by atoms with Gasteiger partial charge in [-0.1, -0.05) is 152 Å². The van der Waals surface area contributed by atoms with Gasteiger partial charge < -0.3 is 4.57 Å². The molecule has 0 unspecified atom stereocenters. The summed E-state index contributed by atoms with van der Waals surface area (Å²) in [4.78, 5) is 15.3. The lowest BCUT2D eigenvalue weighted by atomic mass is 9.96. The van der Waals surface area contributed by atoms with Gasteiger partial charge in [0.2, 0.25) is 0 Å². The largest absolute Gasteiger partial charge is 0.309 e. The quantitative estimate of drug-likeness (QED) is 0.175. The minimum Gasteiger partial charge on any atom is -0.309 e. The van der Waals surface area contributed by atoms with Crippen LogP contribution in [0.15, 0.2) is 182 Å². The fourth-order valence-corrected chi connectivity index (χ4v) is 8.10. The van der Waals surface area contributed by atoms with Gasteiger partial charge in [-0.15, -0.1) is 0 Å². The van der Waals surface area contributed by atoms with Crippen LogP contribution >= 0.6 is 0 Å². The van der Waals surface area contributed by atoms with Crippen molar-refractivity contribution in [1.82, 2.24) is 19.5 Å². The smallest absolute Gasteiger partial charge is 0.164 e. The first-order valence-electron chi connectivity index (χ1n) is 17.9. The molecule has 2 aromatic heterocycles. The summed E-state index contributed by atoms with van der Waals surface area (Å²) >= 11 is 0. The van der Waals surface area contributed by atoms with E-state index < -0.39 is 0 Å². The van der Waals surface area contributed by atoms with E-state index in [1.165, 1.54) is 48.7 Å². The minimum absolute atomic E-state index is 0.642. The Balaban J connectivity index is 1.07. The van der Waals surface area contributed by atoms with Crippen molar-refractivity contribution in [2.45, 2.75) is 0 Å². The molecule has 9 aromatic carbocycles. The molecule has 4 nitrogen and oxygen atoms in total. The molecule has 0 bridgehead atoms. The molecule has 0 saturated heterocycles. The second kappa shape index (κ2) is 11.7. The van der Waals surface area contributed by atoms with E-state index in [9.17, 15) is 0 Å². The topological polar surface area (TPSA) is 43.6 Å². The Morgan fingerprint density at radius 1 is 0.283 bits per heavy atom. The van der Waals surface area contributed by atoms with Gasteiger partial charge in [-0.3, -0.25) is 0 Å². The molecule has 0 atom stereocenters. The van der Waals surface area contributed by atoms with Crippen molar-refractivity contribution in [1.29, 1.82) is 0 Å². The summed E-state index contributed by atoms with van der Waals surface area (Å²) in [7, 11) is 0. The van der Waals surface area contributed by atoms with E-state index >= 15 is 0 Å². The minimum atomic E-state index is 0.642. The molecule has 0 aliphatic carbocycles. The van der Waals surface area contributed by atoms with Crippen LogP contribution in [0, 0.1) is 0 Å². The number of rotatable bonds is 4. The van der Waals surface area contributed by atoms with E-state index in [1.54, 1.807) is 0 Å². The summed E-state index contributed by atoms with van der Waals surface area (Å²) in [6.45, 7) is 0. The zero-order chi connectivity index (χ0) is 34.9. The maximum Gasteiger partial charge on any atom is 0.164 e. The number of para-hydroxylation sites is 2. The van der Waals surface area contributed by atoms with Crippen molar-refractivity contribution in [2.75, 3.05) is 0 Å². The number of benzene rings is 9. The highest BCUT2D eigenvalue weighted by atomic mass is 15.0. The molecule has 2 heterocycles. The van der Waals surface area contributed by atoms with Gasteiger partial charge in [0.15, 0.2) is 17.5 Å². The monoisotopic (exact) mass is 674 g/mol. The Morgan fingerprint density at radius 2 is 0.755 bits per heavy atom. The molecular formula is C49H30N4. The lowest BCUT2D eigenvalue weighted by molar-refractivity contribution is 1.07. The molecule has 0 aliphatic rings. The first-order valence-corrected chi connectivity index (χ1v) is 17.9. The average Bonchev–Trinajstić information content (AvgIpc) is 3.57. The third kappa shape index (κ3) is 4.73. The molecule has 0 aliphatic heterocycles. The van der Waals surface area contributed by atoms with Gasteiger partial charge in [0.1, 0.15) is 0 Å². The van der Waals surface area contributed by atoms with Gasteiger partial charge in [-0.25, -0.2) is 15.0 Å². The Morgan fingerprint density at radius 3 is 1.43 bits per heavy atom. The van der Waals surface area contributed by atoms with Crippen molar-refractivity contribution in [2.24, 2.45) is 0 Å². The number of hydrogen-bond acceptors (Lipinski definition) is 3. The predicted octanol–water partition coefficient (Wildman–Crippen LogP) is 12.6. The van der Waals surface area contributed by atoms with E-state index in [4.69, 9.17) is 15.0 Å². The molecule has 0 N–H and O–H groups in total. The van der Waals surface area contributed by atoms with Crippen LogP contribution in [-0.2, 0) is 0 Å². The lowest BCUT2D eigenvalue weighted by Gasteiger charge is -2.13. The van der Waals surface area contributed by atoms with Gasteiger partial charge >= 0.3 is 0 Å². The Kier molecular flexibility index (Phi) is 6.52. The highest BCUT2D eigenvalue weighted by molar-refractivity contribution is 6.17. The lowest BCUT2D eigenvalue weighted by Crippen LogP contribution is -2.00. The van der Waals surface area contributed by atoms with Gasteiger partial charge in [-0.05, 0) is 68.0 Å². The SMILES string of the molecule is c1ccc(-c2nc(-c3ccc4c(-n5c6ccccc6c6ccccc65)cccc4c3)nc(-c3ccc4c(ccc5c6ccccc6ccc45)c3)n2)cc1. The van der Waals surface area contributed by atoms with Crippen molar-refractivity contribution >= 4 is 64.9 Å². The van der Waals surface area contributed by atoms with Crippen LogP contribution in [0.1, 0.15) is 0 Å². The Bertz CT molecular complexity index is 3180. The molecule has 246 valence electrons. The standard InChI is InChI=1S/C49H30N4/c1-2-12-32(13-3-1)47-50-48(35-23-25-38-34(30-35)22-28-40-37-15-5-4-11-31(37)21-27-41(38)40)52-49(51-47)36-24-26-39-33(29-36)14-10-20-44(39)53-45-18-8-6-16-42(45)43-17-7-9-19-46(43)53/h1-30H. The van der Waals surface area contributed by atoms with Crippen molar-refractivity contribution in [3.8, 4) is 39.9 Å². The Hall–Kier alpha value is -7.17. The summed E-state index contributed by atoms with van der Waals surface area (Å²) in [6, 6.07) is 64.6. The van der Waals surface area contributed by atoms with E-state index in [1.807, 2.05) is 18.2 Å². The molecule has 11 aromatic rings. The van der Waals surface area contributed by atoms with Gasteiger partial charge in [0, 0.05) is 32.8 Å². The fraction of sp³-hybridized carbons (Fsp3) is 0. The number of fused-ring (bicyclic) bond motifs is 9. The van der Waals surface area contributed by atoms with Crippen LogP contribution < -0.4 is 0 Å². The molecule has 0 saturated carbocycles. The summed E-state index contributed by atoms with van der Waals surface area (Å²) in [6.07, 6.45) is 0. The third-order valence-electron chi connectivity index (χ3n) is 10.6. The number of hydrogen-bond donors (Lipinski definition) is 0. The molecule has 0 fully saturated rings. The zero-order valence-corrected chi connectivity index (χ0v) is 28.6. The fourth-order valence-electron chi connectivity index (χ4n) is 8.10. The van der Waals surface area contributed by atoms with E-state index in [0.717, 1.165) is 38.5 Å². The second-order valence-electron chi connectivity index (χ2n) is 13.6.